The summed E-state index contributed by atoms with van der Waals surface area (Å²) in [4.78, 5) is 11.2. The predicted molar refractivity (Wildman–Crippen MR) is 66.2 cm³/mol. The van der Waals surface area contributed by atoms with Crippen LogP contribution in [0.1, 0.15) is 22.7 Å². The number of ether oxygens (including phenoxy) is 1. The maximum Gasteiger partial charge on any atom is 0.325 e. The molecule has 0 bridgehead atoms. The van der Waals surface area contributed by atoms with E-state index in [1.54, 1.807) is 7.11 Å². The Hall–Kier alpha value is -1.39. The molecule has 2 N–H and O–H groups in total. The van der Waals surface area contributed by atoms with Crippen molar-refractivity contribution in [1.29, 1.82) is 0 Å². The van der Waals surface area contributed by atoms with Crippen LogP contribution in [0.4, 0.5) is 0 Å². The van der Waals surface area contributed by atoms with Gasteiger partial charge in [0.1, 0.15) is 6.04 Å². The summed E-state index contributed by atoms with van der Waals surface area (Å²) >= 11 is 0. The Kier molecular flexibility index (Phi) is 5.12. The molecule has 0 saturated heterocycles. The molecule has 17 heavy (non-hydrogen) atoms. The SMILES string of the molecule is COCCNC(C(=O)O)c1ccc(C)c(C)c1. The minimum atomic E-state index is -0.871. The molecular formula is C13H19NO3. The van der Waals surface area contributed by atoms with Crippen molar-refractivity contribution in [3.05, 3.63) is 34.9 Å². The number of nitrogens with one attached hydrogen (secondary N) is 1. The fraction of sp³-hybridized carbons (Fsp3) is 0.462. The van der Waals surface area contributed by atoms with Gasteiger partial charge in [0.15, 0.2) is 0 Å². The lowest BCUT2D eigenvalue weighted by Crippen LogP contribution is -2.31. The Morgan fingerprint density at radius 3 is 2.65 bits per heavy atom. The van der Waals surface area contributed by atoms with Crippen molar-refractivity contribution in [1.82, 2.24) is 5.32 Å². The molecule has 0 fully saturated rings. The van der Waals surface area contributed by atoms with Gasteiger partial charge in [0, 0.05) is 13.7 Å². The first kappa shape index (κ1) is 13.7. The number of carbonyl (C=O) groups is 1. The van der Waals surface area contributed by atoms with Crippen LogP contribution in [-0.4, -0.2) is 31.3 Å². The summed E-state index contributed by atoms with van der Waals surface area (Å²) < 4.78 is 4.90. The lowest BCUT2D eigenvalue weighted by Gasteiger charge is -2.15. The number of carboxylic acids is 1. The normalized spacial score (nSPS) is 12.4. The predicted octanol–water partition coefficient (Wildman–Crippen LogP) is 1.67. The molecule has 0 radical (unpaired) electrons. The van der Waals surface area contributed by atoms with E-state index in [9.17, 15) is 9.90 Å². The summed E-state index contributed by atoms with van der Waals surface area (Å²) in [6.07, 6.45) is 0. The maximum absolute atomic E-state index is 11.2. The highest BCUT2D eigenvalue weighted by atomic mass is 16.5. The molecule has 0 aliphatic heterocycles. The molecule has 0 heterocycles. The molecular weight excluding hydrogens is 218 g/mol. The second kappa shape index (κ2) is 6.37. The average molecular weight is 237 g/mol. The largest absolute Gasteiger partial charge is 0.480 e. The zero-order valence-corrected chi connectivity index (χ0v) is 10.5. The minimum absolute atomic E-state index is 0.495. The molecule has 0 spiro atoms. The van der Waals surface area contributed by atoms with Gasteiger partial charge in [-0.05, 0) is 30.5 Å². The Bertz CT molecular complexity index is 390. The van der Waals surface area contributed by atoms with Gasteiger partial charge in [0.25, 0.3) is 0 Å². The van der Waals surface area contributed by atoms with Crippen LogP contribution in [0.25, 0.3) is 0 Å². The van der Waals surface area contributed by atoms with Crippen LogP contribution >= 0.6 is 0 Å². The maximum atomic E-state index is 11.2. The molecule has 0 saturated carbocycles. The highest BCUT2D eigenvalue weighted by Gasteiger charge is 2.18. The summed E-state index contributed by atoms with van der Waals surface area (Å²) in [5.41, 5.74) is 3.04. The number of benzene rings is 1. The van der Waals surface area contributed by atoms with Crippen LogP contribution in [0.2, 0.25) is 0 Å². The van der Waals surface area contributed by atoms with E-state index >= 15 is 0 Å². The Morgan fingerprint density at radius 2 is 2.12 bits per heavy atom. The topological polar surface area (TPSA) is 58.6 Å². The number of hydrogen-bond donors (Lipinski definition) is 2. The molecule has 1 rings (SSSR count). The first-order chi connectivity index (χ1) is 8.06. The lowest BCUT2D eigenvalue weighted by molar-refractivity contribution is -0.139. The van der Waals surface area contributed by atoms with Gasteiger partial charge in [-0.2, -0.15) is 0 Å². The van der Waals surface area contributed by atoms with E-state index in [1.807, 2.05) is 32.0 Å². The zero-order chi connectivity index (χ0) is 12.8. The van der Waals surface area contributed by atoms with E-state index in [4.69, 9.17) is 4.74 Å². The molecule has 0 aromatic heterocycles. The lowest BCUT2D eigenvalue weighted by atomic mass is 10.0. The van der Waals surface area contributed by atoms with Crippen molar-refractivity contribution in [3.8, 4) is 0 Å². The van der Waals surface area contributed by atoms with E-state index in [0.717, 1.165) is 16.7 Å². The number of hydrogen-bond acceptors (Lipinski definition) is 3. The third-order valence-electron chi connectivity index (χ3n) is 2.77. The minimum Gasteiger partial charge on any atom is -0.480 e. The molecule has 1 atom stereocenters. The molecule has 0 aliphatic rings. The standard InChI is InChI=1S/C13H19NO3/c1-9-4-5-11(8-10(9)2)12(13(15)16)14-6-7-17-3/h4-5,8,12,14H,6-7H2,1-3H3,(H,15,16). The smallest absolute Gasteiger partial charge is 0.325 e. The highest BCUT2D eigenvalue weighted by Crippen LogP contribution is 2.17. The van der Waals surface area contributed by atoms with Gasteiger partial charge in [0.2, 0.25) is 0 Å². The van der Waals surface area contributed by atoms with E-state index < -0.39 is 12.0 Å². The van der Waals surface area contributed by atoms with Crippen LogP contribution in [0.15, 0.2) is 18.2 Å². The van der Waals surface area contributed by atoms with Crippen molar-refractivity contribution in [3.63, 3.8) is 0 Å². The van der Waals surface area contributed by atoms with Gasteiger partial charge in [-0.3, -0.25) is 10.1 Å². The quantitative estimate of drug-likeness (QED) is 0.739. The number of methoxy groups -OCH3 is 1. The summed E-state index contributed by atoms with van der Waals surface area (Å²) in [7, 11) is 1.59. The molecule has 0 aliphatic carbocycles. The molecule has 1 aromatic carbocycles. The second-order valence-electron chi connectivity index (χ2n) is 4.06. The second-order valence-corrected chi connectivity index (χ2v) is 4.06. The fourth-order valence-electron chi connectivity index (χ4n) is 1.60. The van der Waals surface area contributed by atoms with Crippen molar-refractivity contribution >= 4 is 5.97 Å². The molecule has 1 aromatic rings. The van der Waals surface area contributed by atoms with Crippen LogP contribution in [0.3, 0.4) is 0 Å². The first-order valence-electron chi connectivity index (χ1n) is 5.58. The van der Waals surface area contributed by atoms with Gasteiger partial charge in [-0.25, -0.2) is 0 Å². The molecule has 1 unspecified atom stereocenters. The number of aliphatic carboxylic acids is 1. The van der Waals surface area contributed by atoms with Crippen LogP contribution < -0.4 is 5.32 Å². The summed E-state index contributed by atoms with van der Waals surface area (Å²) in [6.45, 7) is 5.00. The number of rotatable bonds is 6. The van der Waals surface area contributed by atoms with Gasteiger partial charge >= 0.3 is 5.97 Å². The zero-order valence-electron chi connectivity index (χ0n) is 10.5. The molecule has 94 valence electrons. The van der Waals surface area contributed by atoms with Crippen molar-refractivity contribution in [2.24, 2.45) is 0 Å². The molecule has 0 amide bonds. The molecule has 4 nitrogen and oxygen atoms in total. The Balaban J connectivity index is 2.82. The third kappa shape index (κ3) is 3.84. The summed E-state index contributed by atoms with van der Waals surface area (Å²) in [6, 6.07) is 5.03. The monoisotopic (exact) mass is 237 g/mol. The van der Waals surface area contributed by atoms with Crippen LogP contribution in [-0.2, 0) is 9.53 Å². The van der Waals surface area contributed by atoms with Crippen molar-refractivity contribution in [2.75, 3.05) is 20.3 Å². The Morgan fingerprint density at radius 1 is 1.41 bits per heavy atom. The summed E-state index contributed by atoms with van der Waals surface area (Å²) in [5.74, 6) is -0.871. The molecule has 4 heteroatoms. The third-order valence-corrected chi connectivity index (χ3v) is 2.77. The van der Waals surface area contributed by atoms with Crippen LogP contribution in [0.5, 0.6) is 0 Å². The van der Waals surface area contributed by atoms with E-state index in [2.05, 4.69) is 5.32 Å². The first-order valence-corrected chi connectivity index (χ1v) is 5.58. The Labute approximate surface area is 102 Å². The van der Waals surface area contributed by atoms with Gasteiger partial charge < -0.3 is 9.84 Å². The van der Waals surface area contributed by atoms with Gasteiger partial charge in [-0.1, -0.05) is 18.2 Å². The number of carboxylic acid groups (broad SMARTS) is 1. The van der Waals surface area contributed by atoms with Crippen molar-refractivity contribution < 1.29 is 14.6 Å². The number of aryl methyl sites for hydroxylation is 2. The van der Waals surface area contributed by atoms with Gasteiger partial charge in [0.05, 0.1) is 6.61 Å². The van der Waals surface area contributed by atoms with Crippen LogP contribution in [0, 0.1) is 13.8 Å². The summed E-state index contributed by atoms with van der Waals surface area (Å²) in [5, 5.41) is 12.1. The van der Waals surface area contributed by atoms with E-state index in [-0.39, 0.29) is 0 Å². The van der Waals surface area contributed by atoms with E-state index in [1.165, 1.54) is 0 Å². The van der Waals surface area contributed by atoms with Gasteiger partial charge in [-0.15, -0.1) is 0 Å². The average Bonchev–Trinajstić information content (AvgIpc) is 2.28. The fourth-order valence-corrected chi connectivity index (χ4v) is 1.60. The van der Waals surface area contributed by atoms with Crippen molar-refractivity contribution in [2.45, 2.75) is 19.9 Å². The highest BCUT2D eigenvalue weighted by molar-refractivity contribution is 5.75. The van der Waals surface area contributed by atoms with E-state index in [0.29, 0.717) is 13.2 Å².